The van der Waals surface area contributed by atoms with Crippen LogP contribution in [0.4, 0.5) is 0 Å². The van der Waals surface area contributed by atoms with Gasteiger partial charge in [-0.1, -0.05) is 78.9 Å². The van der Waals surface area contributed by atoms with Gasteiger partial charge in [-0.2, -0.15) is 0 Å². The molecule has 0 saturated heterocycles. The summed E-state index contributed by atoms with van der Waals surface area (Å²) in [5, 5.41) is 0. The molecule has 0 saturated carbocycles. The molecular weight excluding hydrogens is 320 g/mol. The van der Waals surface area contributed by atoms with Crippen LogP contribution in [0.5, 0.6) is 0 Å². The molecular formula is C20H17O3S. The molecule has 0 unspecified atom stereocenters. The van der Waals surface area contributed by atoms with Crippen LogP contribution >= 0.6 is 0 Å². The second-order valence-corrected chi connectivity index (χ2v) is 7.05. The minimum Gasteiger partial charge on any atom is -0.345 e. The van der Waals surface area contributed by atoms with E-state index in [4.69, 9.17) is 4.74 Å². The molecule has 0 bridgehead atoms. The Hall–Kier alpha value is -2.43. The van der Waals surface area contributed by atoms with Crippen LogP contribution in [-0.4, -0.2) is 8.42 Å². The average molecular weight is 337 g/mol. The SMILES string of the molecule is O=S(=O)([CH]OC(c1ccccc1)c1ccccc1)c1ccccc1. The lowest BCUT2D eigenvalue weighted by Crippen LogP contribution is -2.10. The number of rotatable bonds is 6. The number of benzene rings is 3. The Morgan fingerprint density at radius 2 is 1.08 bits per heavy atom. The fourth-order valence-corrected chi connectivity index (χ4v) is 3.30. The predicted molar refractivity (Wildman–Crippen MR) is 93.7 cm³/mol. The lowest BCUT2D eigenvalue weighted by Gasteiger charge is -2.18. The molecule has 0 aliphatic carbocycles. The summed E-state index contributed by atoms with van der Waals surface area (Å²) in [4.78, 5) is 0.213. The Balaban J connectivity index is 1.86. The van der Waals surface area contributed by atoms with Crippen LogP contribution in [0.3, 0.4) is 0 Å². The maximum absolute atomic E-state index is 12.4. The summed E-state index contributed by atoms with van der Waals surface area (Å²) in [6, 6.07) is 27.4. The van der Waals surface area contributed by atoms with Crippen molar-refractivity contribution in [1.82, 2.24) is 0 Å². The first-order valence-electron chi connectivity index (χ1n) is 7.55. The lowest BCUT2D eigenvalue weighted by atomic mass is 10.0. The van der Waals surface area contributed by atoms with Crippen LogP contribution in [0.2, 0.25) is 0 Å². The van der Waals surface area contributed by atoms with E-state index < -0.39 is 15.9 Å². The Bertz CT molecular complexity index is 821. The molecule has 0 N–H and O–H groups in total. The van der Waals surface area contributed by atoms with Gasteiger partial charge < -0.3 is 4.74 Å². The summed E-state index contributed by atoms with van der Waals surface area (Å²) < 4.78 is 30.6. The third kappa shape index (κ3) is 3.91. The maximum Gasteiger partial charge on any atom is 0.208 e. The fraction of sp³-hybridized carbons (Fsp3) is 0.0500. The molecule has 0 fully saturated rings. The molecule has 24 heavy (non-hydrogen) atoms. The zero-order valence-corrected chi connectivity index (χ0v) is 13.8. The van der Waals surface area contributed by atoms with Crippen LogP contribution in [-0.2, 0) is 14.6 Å². The Labute approximate surface area is 142 Å². The van der Waals surface area contributed by atoms with Gasteiger partial charge in [-0.25, -0.2) is 8.42 Å². The van der Waals surface area contributed by atoms with Crippen molar-refractivity contribution in [3.63, 3.8) is 0 Å². The summed E-state index contributed by atoms with van der Waals surface area (Å²) in [6.07, 6.45) is -0.481. The molecule has 0 spiro atoms. The second kappa shape index (κ2) is 7.43. The van der Waals surface area contributed by atoms with Gasteiger partial charge in [0.25, 0.3) is 0 Å². The highest BCUT2D eigenvalue weighted by atomic mass is 32.2. The van der Waals surface area contributed by atoms with Gasteiger partial charge in [0.05, 0.1) is 4.90 Å². The smallest absolute Gasteiger partial charge is 0.208 e. The van der Waals surface area contributed by atoms with Gasteiger partial charge in [-0.3, -0.25) is 0 Å². The van der Waals surface area contributed by atoms with E-state index in [9.17, 15) is 8.42 Å². The van der Waals surface area contributed by atoms with Gasteiger partial charge in [-0.05, 0) is 23.3 Å². The third-order valence-electron chi connectivity index (χ3n) is 3.59. The molecule has 0 aromatic heterocycles. The Kier molecular flexibility index (Phi) is 5.08. The molecule has 121 valence electrons. The van der Waals surface area contributed by atoms with Crippen LogP contribution in [0.1, 0.15) is 17.2 Å². The molecule has 3 nitrogen and oxygen atoms in total. The van der Waals surface area contributed by atoms with Gasteiger partial charge in [0.2, 0.25) is 15.8 Å². The largest absolute Gasteiger partial charge is 0.345 e. The molecule has 4 heteroatoms. The van der Waals surface area contributed by atoms with E-state index in [-0.39, 0.29) is 4.90 Å². The summed E-state index contributed by atoms with van der Waals surface area (Å²) in [7, 11) is -3.62. The summed E-state index contributed by atoms with van der Waals surface area (Å²) in [5.74, 6) is 0.938. The van der Waals surface area contributed by atoms with Gasteiger partial charge in [0, 0.05) is 0 Å². The summed E-state index contributed by atoms with van der Waals surface area (Å²) in [5.41, 5.74) is 1.78. The van der Waals surface area contributed by atoms with E-state index in [0.717, 1.165) is 17.1 Å². The van der Waals surface area contributed by atoms with Crippen molar-refractivity contribution >= 4 is 9.84 Å². The van der Waals surface area contributed by atoms with Crippen molar-refractivity contribution in [2.24, 2.45) is 0 Å². The first kappa shape index (κ1) is 16.4. The highest BCUT2D eigenvalue weighted by Gasteiger charge is 2.21. The normalized spacial score (nSPS) is 11.5. The Morgan fingerprint density at radius 1 is 0.667 bits per heavy atom. The topological polar surface area (TPSA) is 43.4 Å². The molecule has 0 atom stereocenters. The molecule has 1 radical (unpaired) electrons. The van der Waals surface area contributed by atoms with E-state index >= 15 is 0 Å². The molecule has 0 aliphatic rings. The molecule has 0 amide bonds. The lowest BCUT2D eigenvalue weighted by molar-refractivity contribution is 0.161. The monoisotopic (exact) mass is 337 g/mol. The van der Waals surface area contributed by atoms with Gasteiger partial charge in [0.1, 0.15) is 6.10 Å². The highest BCUT2D eigenvalue weighted by molar-refractivity contribution is 7.93. The zero-order chi connectivity index (χ0) is 16.8. The van der Waals surface area contributed by atoms with E-state index in [1.54, 1.807) is 30.3 Å². The van der Waals surface area contributed by atoms with E-state index in [2.05, 4.69) is 0 Å². The number of hydrogen-bond donors (Lipinski definition) is 0. The van der Waals surface area contributed by atoms with Crippen molar-refractivity contribution < 1.29 is 13.2 Å². The first-order valence-corrected chi connectivity index (χ1v) is 9.10. The van der Waals surface area contributed by atoms with Crippen molar-refractivity contribution in [3.8, 4) is 0 Å². The maximum atomic E-state index is 12.4. The second-order valence-electron chi connectivity index (χ2n) is 5.29. The third-order valence-corrected chi connectivity index (χ3v) is 4.89. The molecule has 0 heterocycles. The summed E-state index contributed by atoms with van der Waals surface area (Å²) in [6.45, 7) is 0. The van der Waals surface area contributed by atoms with Crippen molar-refractivity contribution in [3.05, 3.63) is 108 Å². The van der Waals surface area contributed by atoms with Crippen molar-refractivity contribution in [1.29, 1.82) is 0 Å². The molecule has 0 aliphatic heterocycles. The van der Waals surface area contributed by atoms with Crippen LogP contribution in [0.25, 0.3) is 0 Å². The van der Waals surface area contributed by atoms with Gasteiger partial charge in [0.15, 0.2) is 0 Å². The minimum absolute atomic E-state index is 0.213. The van der Waals surface area contributed by atoms with E-state index in [1.165, 1.54) is 0 Å². The van der Waals surface area contributed by atoms with Crippen LogP contribution in [0.15, 0.2) is 95.9 Å². The molecule has 3 aromatic carbocycles. The number of sulfone groups is 1. The summed E-state index contributed by atoms with van der Waals surface area (Å²) >= 11 is 0. The predicted octanol–water partition coefficient (Wildman–Crippen LogP) is 4.39. The van der Waals surface area contributed by atoms with Crippen LogP contribution < -0.4 is 0 Å². The van der Waals surface area contributed by atoms with E-state index in [1.807, 2.05) is 60.7 Å². The number of hydrogen-bond acceptors (Lipinski definition) is 3. The number of ether oxygens (including phenoxy) is 1. The quantitative estimate of drug-likeness (QED) is 0.670. The minimum atomic E-state index is -3.62. The molecule has 3 rings (SSSR count). The molecule has 3 aromatic rings. The van der Waals surface area contributed by atoms with Crippen molar-refractivity contribution in [2.75, 3.05) is 0 Å². The fourth-order valence-electron chi connectivity index (χ4n) is 2.40. The van der Waals surface area contributed by atoms with Gasteiger partial charge >= 0.3 is 0 Å². The highest BCUT2D eigenvalue weighted by Crippen LogP contribution is 2.28. The van der Waals surface area contributed by atoms with Crippen LogP contribution in [0, 0.1) is 5.94 Å². The van der Waals surface area contributed by atoms with E-state index in [0.29, 0.717) is 0 Å². The first-order chi connectivity index (χ1) is 11.7. The van der Waals surface area contributed by atoms with Gasteiger partial charge in [-0.15, -0.1) is 0 Å². The Morgan fingerprint density at radius 3 is 1.54 bits per heavy atom. The average Bonchev–Trinajstić information content (AvgIpc) is 2.64. The zero-order valence-electron chi connectivity index (χ0n) is 12.9. The van der Waals surface area contributed by atoms with Crippen molar-refractivity contribution in [2.45, 2.75) is 11.0 Å². The standard InChI is InChI=1S/C20H17O3S/c21-24(22,19-14-8-3-9-15-19)16-23-20(17-10-4-1-5-11-17)18-12-6-2-7-13-18/h1-16,20H.